The first-order chi connectivity index (χ1) is 14.4. The van der Waals surface area contributed by atoms with Gasteiger partial charge in [-0.2, -0.15) is 10.2 Å². The number of rotatable bonds is 3. The molecule has 0 amide bonds. The Kier molecular flexibility index (Phi) is 3.33. The molecule has 0 saturated carbocycles. The maximum Gasteiger partial charge on any atom is 0.116 e. The van der Waals surface area contributed by atoms with Gasteiger partial charge in [0.05, 0.1) is 23.1 Å². The standard InChI is InChI=1S/C22H15N7/c1-2-19-16(9-14(1)15-11-25-26-12-15)22(29-28-19)20-10-17-18(27-20)5-8-24-21(17)13-3-6-23-7-4-13/h1-12,27H,(H,25,26)(H,28,29). The van der Waals surface area contributed by atoms with Crippen LogP contribution < -0.4 is 0 Å². The first-order valence-corrected chi connectivity index (χ1v) is 9.22. The van der Waals surface area contributed by atoms with Gasteiger partial charge in [-0.1, -0.05) is 6.07 Å². The van der Waals surface area contributed by atoms with Crippen LogP contribution in [0, 0.1) is 0 Å². The SMILES string of the molecule is c1cc(-c2nccc3[nH]c(-c4n[nH]c5ccc(-c6cn[nH]c6)cc45)cc23)ccn1. The highest BCUT2D eigenvalue weighted by atomic mass is 15.1. The zero-order valence-electron chi connectivity index (χ0n) is 15.2. The van der Waals surface area contributed by atoms with Crippen molar-refractivity contribution in [1.82, 2.24) is 35.3 Å². The summed E-state index contributed by atoms with van der Waals surface area (Å²) in [6.07, 6.45) is 9.08. The number of hydrogen-bond acceptors (Lipinski definition) is 4. The van der Waals surface area contributed by atoms with Crippen LogP contribution in [0.15, 0.2) is 73.4 Å². The molecule has 5 heterocycles. The van der Waals surface area contributed by atoms with Crippen molar-refractivity contribution in [2.75, 3.05) is 0 Å². The van der Waals surface area contributed by atoms with Crippen LogP contribution in [-0.4, -0.2) is 35.3 Å². The monoisotopic (exact) mass is 377 g/mol. The lowest BCUT2D eigenvalue weighted by molar-refractivity contribution is 1.09. The molecular formula is C22H15N7. The van der Waals surface area contributed by atoms with Gasteiger partial charge in [-0.15, -0.1) is 0 Å². The van der Waals surface area contributed by atoms with Crippen molar-refractivity contribution in [2.45, 2.75) is 0 Å². The second-order valence-electron chi connectivity index (χ2n) is 6.86. The summed E-state index contributed by atoms with van der Waals surface area (Å²) in [5, 5.41) is 16.7. The molecule has 0 radical (unpaired) electrons. The van der Waals surface area contributed by atoms with Gasteiger partial charge < -0.3 is 4.98 Å². The predicted octanol–water partition coefficient (Wildman–Crippen LogP) is 4.56. The molecule has 7 nitrogen and oxygen atoms in total. The third-order valence-corrected chi connectivity index (χ3v) is 5.15. The van der Waals surface area contributed by atoms with Crippen molar-refractivity contribution < 1.29 is 0 Å². The Bertz CT molecular complexity index is 1440. The molecule has 138 valence electrons. The largest absolute Gasteiger partial charge is 0.353 e. The first-order valence-electron chi connectivity index (χ1n) is 9.22. The van der Waals surface area contributed by atoms with Crippen LogP contribution in [-0.2, 0) is 0 Å². The molecule has 29 heavy (non-hydrogen) atoms. The second kappa shape index (κ2) is 6.13. The van der Waals surface area contributed by atoms with Crippen molar-refractivity contribution in [3.63, 3.8) is 0 Å². The van der Waals surface area contributed by atoms with Gasteiger partial charge in [0.1, 0.15) is 5.69 Å². The Morgan fingerprint density at radius 3 is 2.48 bits per heavy atom. The van der Waals surface area contributed by atoms with Crippen LogP contribution in [0.1, 0.15) is 0 Å². The van der Waals surface area contributed by atoms with E-state index in [1.165, 1.54) is 0 Å². The molecule has 1 aromatic carbocycles. The summed E-state index contributed by atoms with van der Waals surface area (Å²) >= 11 is 0. The highest BCUT2D eigenvalue weighted by Crippen LogP contribution is 2.34. The number of hydrogen-bond donors (Lipinski definition) is 3. The summed E-state index contributed by atoms with van der Waals surface area (Å²) < 4.78 is 0. The highest BCUT2D eigenvalue weighted by molar-refractivity contribution is 6.00. The number of H-pyrrole nitrogens is 3. The second-order valence-corrected chi connectivity index (χ2v) is 6.86. The van der Waals surface area contributed by atoms with Crippen LogP contribution in [0.2, 0.25) is 0 Å². The number of nitrogens with one attached hydrogen (secondary N) is 3. The number of aromatic amines is 3. The fraction of sp³-hybridized carbons (Fsp3) is 0. The average Bonchev–Trinajstić information content (AvgIpc) is 3.52. The average molecular weight is 377 g/mol. The number of fused-ring (bicyclic) bond motifs is 2. The summed E-state index contributed by atoms with van der Waals surface area (Å²) in [5.74, 6) is 0. The Balaban J connectivity index is 1.54. The minimum atomic E-state index is 0.877. The third-order valence-electron chi connectivity index (χ3n) is 5.15. The minimum absolute atomic E-state index is 0.877. The molecule has 0 unspecified atom stereocenters. The molecule has 0 aliphatic carbocycles. The molecule has 0 fully saturated rings. The number of benzene rings is 1. The van der Waals surface area contributed by atoms with Gasteiger partial charge in [-0.3, -0.25) is 20.2 Å². The lowest BCUT2D eigenvalue weighted by atomic mass is 10.0. The Morgan fingerprint density at radius 2 is 1.62 bits per heavy atom. The molecule has 6 rings (SSSR count). The molecule has 0 atom stereocenters. The van der Waals surface area contributed by atoms with Crippen molar-refractivity contribution >= 4 is 21.8 Å². The van der Waals surface area contributed by atoms with E-state index in [4.69, 9.17) is 0 Å². The molecule has 7 heteroatoms. The van der Waals surface area contributed by atoms with Crippen LogP contribution in [0.5, 0.6) is 0 Å². The topological polar surface area (TPSA) is 98.9 Å². The molecule has 0 aliphatic rings. The third kappa shape index (κ3) is 2.52. The van der Waals surface area contributed by atoms with Gasteiger partial charge in [-0.05, 0) is 42.0 Å². The van der Waals surface area contributed by atoms with Crippen molar-refractivity contribution in [1.29, 1.82) is 0 Å². The van der Waals surface area contributed by atoms with E-state index in [2.05, 4.69) is 53.5 Å². The fourth-order valence-corrected chi connectivity index (χ4v) is 3.73. The molecule has 0 saturated heterocycles. The lowest BCUT2D eigenvalue weighted by Crippen LogP contribution is -1.84. The van der Waals surface area contributed by atoms with Gasteiger partial charge in [0.2, 0.25) is 0 Å². The highest BCUT2D eigenvalue weighted by Gasteiger charge is 2.15. The summed E-state index contributed by atoms with van der Waals surface area (Å²) in [5.41, 5.74) is 7.91. The molecule has 0 aliphatic heterocycles. The summed E-state index contributed by atoms with van der Waals surface area (Å²) in [6.45, 7) is 0. The maximum atomic E-state index is 4.60. The van der Waals surface area contributed by atoms with Crippen LogP contribution >= 0.6 is 0 Å². The fourth-order valence-electron chi connectivity index (χ4n) is 3.73. The summed E-state index contributed by atoms with van der Waals surface area (Å²) in [4.78, 5) is 12.2. The molecule has 0 spiro atoms. The van der Waals surface area contributed by atoms with Crippen LogP contribution in [0.4, 0.5) is 0 Å². The Morgan fingerprint density at radius 1 is 0.724 bits per heavy atom. The number of pyridine rings is 2. The zero-order valence-corrected chi connectivity index (χ0v) is 15.2. The predicted molar refractivity (Wildman–Crippen MR) is 112 cm³/mol. The number of aromatic nitrogens is 7. The van der Waals surface area contributed by atoms with Crippen LogP contribution in [0.25, 0.3) is 55.6 Å². The van der Waals surface area contributed by atoms with Crippen molar-refractivity contribution in [2.24, 2.45) is 0 Å². The quantitative estimate of drug-likeness (QED) is 0.421. The van der Waals surface area contributed by atoms with Crippen molar-refractivity contribution in [3.05, 3.63) is 73.4 Å². The van der Waals surface area contributed by atoms with Gasteiger partial charge in [0.15, 0.2) is 0 Å². The zero-order chi connectivity index (χ0) is 19.2. The normalized spacial score (nSPS) is 11.4. The molecule has 5 aromatic heterocycles. The molecule has 0 bridgehead atoms. The van der Waals surface area contributed by atoms with Crippen molar-refractivity contribution in [3.8, 4) is 33.8 Å². The summed E-state index contributed by atoms with van der Waals surface area (Å²) in [6, 6.07) is 14.3. The van der Waals surface area contributed by atoms with Gasteiger partial charge >= 0.3 is 0 Å². The van der Waals surface area contributed by atoms with E-state index in [0.29, 0.717) is 0 Å². The van der Waals surface area contributed by atoms with Gasteiger partial charge in [-0.25, -0.2) is 0 Å². The van der Waals surface area contributed by atoms with E-state index in [1.54, 1.807) is 12.4 Å². The van der Waals surface area contributed by atoms with E-state index in [0.717, 1.165) is 55.6 Å². The smallest absolute Gasteiger partial charge is 0.116 e. The van der Waals surface area contributed by atoms with Crippen LogP contribution in [0.3, 0.4) is 0 Å². The summed E-state index contributed by atoms with van der Waals surface area (Å²) in [7, 11) is 0. The van der Waals surface area contributed by atoms with E-state index in [-0.39, 0.29) is 0 Å². The van der Waals surface area contributed by atoms with E-state index >= 15 is 0 Å². The lowest BCUT2D eigenvalue weighted by Gasteiger charge is -2.01. The number of nitrogens with zero attached hydrogens (tertiary/aromatic N) is 4. The maximum absolute atomic E-state index is 4.60. The molecular weight excluding hydrogens is 362 g/mol. The molecule has 6 aromatic rings. The van der Waals surface area contributed by atoms with E-state index < -0.39 is 0 Å². The van der Waals surface area contributed by atoms with Gasteiger partial charge in [0.25, 0.3) is 0 Å². The molecule has 3 N–H and O–H groups in total. The Labute approximate surface area is 164 Å². The Hall–Kier alpha value is -4.26. The van der Waals surface area contributed by atoms with Gasteiger partial charge in [0, 0.05) is 52.2 Å². The first kappa shape index (κ1) is 15.8. The minimum Gasteiger partial charge on any atom is -0.353 e. The van der Waals surface area contributed by atoms with E-state index in [9.17, 15) is 0 Å². The van der Waals surface area contributed by atoms with E-state index in [1.807, 2.05) is 42.9 Å².